The minimum atomic E-state index is -5.09. The minimum absolute atomic E-state index is 0.259. The van der Waals surface area contributed by atoms with Gasteiger partial charge in [-0.3, -0.25) is 9.35 Å². The van der Waals surface area contributed by atoms with Crippen LogP contribution >= 0.6 is 0 Å². The maximum absolute atomic E-state index is 13.0. The molecule has 0 aliphatic carbocycles. The number of nitrogens with one attached hydrogen (secondary N) is 1. The number of rotatable bonds is 41. The molecule has 13 heteroatoms. The third kappa shape index (κ3) is 31.8. The Kier molecular flexibility index (Phi) is 36.4. The number of hydrogen-bond acceptors (Lipinski definition) is 10. The second kappa shape index (κ2) is 38.8. The van der Waals surface area contributed by atoms with Gasteiger partial charge in [-0.25, -0.2) is 4.18 Å². The third-order valence-corrected chi connectivity index (χ3v) is 11.9. The van der Waals surface area contributed by atoms with Gasteiger partial charge in [-0.1, -0.05) is 185 Å². The highest BCUT2D eigenvalue weighted by Crippen LogP contribution is 2.26. The van der Waals surface area contributed by atoms with Gasteiger partial charge in [0.25, 0.3) is 0 Å². The zero-order valence-electron chi connectivity index (χ0n) is 38.2. The Morgan fingerprint density at radius 2 is 1.10 bits per heavy atom. The van der Waals surface area contributed by atoms with E-state index in [9.17, 15) is 38.2 Å². The van der Waals surface area contributed by atoms with Crippen LogP contribution in [0.15, 0.2) is 36.5 Å². The van der Waals surface area contributed by atoms with Crippen molar-refractivity contribution in [3.05, 3.63) is 36.5 Å². The first kappa shape index (κ1) is 57.3. The number of carbonyl (C=O) groups excluding carboxylic acids is 1. The summed E-state index contributed by atoms with van der Waals surface area (Å²) in [6.45, 7) is 3.36. The average Bonchev–Trinajstić information content (AvgIpc) is 3.23. The van der Waals surface area contributed by atoms with Crippen LogP contribution in [0.1, 0.15) is 206 Å². The monoisotopic (exact) mass is 888 g/mol. The molecule has 0 spiro atoms. The van der Waals surface area contributed by atoms with Gasteiger partial charge in [-0.15, -0.1) is 0 Å². The van der Waals surface area contributed by atoms with Gasteiger partial charge in [-0.05, 0) is 51.4 Å². The summed E-state index contributed by atoms with van der Waals surface area (Å²) in [4.78, 5) is 13.0. The Morgan fingerprint density at radius 3 is 1.59 bits per heavy atom. The Morgan fingerprint density at radius 1 is 0.656 bits per heavy atom. The molecule has 61 heavy (non-hydrogen) atoms. The summed E-state index contributed by atoms with van der Waals surface area (Å²) in [5.41, 5.74) is 0. The van der Waals surface area contributed by atoms with Crippen LogP contribution in [-0.2, 0) is 28.9 Å². The molecular weight excluding hydrogens is 799 g/mol. The van der Waals surface area contributed by atoms with Gasteiger partial charge in [-0.2, -0.15) is 8.42 Å². The lowest BCUT2D eigenvalue weighted by atomic mass is 9.99. The molecule has 1 saturated heterocycles. The number of ether oxygens (including phenoxy) is 2. The fourth-order valence-corrected chi connectivity index (χ4v) is 8.11. The molecule has 0 aromatic carbocycles. The molecule has 7 unspecified atom stereocenters. The first-order chi connectivity index (χ1) is 29.5. The van der Waals surface area contributed by atoms with Crippen molar-refractivity contribution in [3.63, 3.8) is 0 Å². The molecule has 0 aromatic rings. The second-order valence-electron chi connectivity index (χ2n) is 17.0. The number of unbranched alkanes of at least 4 members (excludes halogenated alkanes) is 25. The van der Waals surface area contributed by atoms with Gasteiger partial charge in [0.2, 0.25) is 5.91 Å². The van der Waals surface area contributed by atoms with Gasteiger partial charge in [0.15, 0.2) is 6.29 Å². The highest BCUT2D eigenvalue weighted by Gasteiger charge is 2.48. The van der Waals surface area contributed by atoms with E-state index in [0.29, 0.717) is 6.42 Å². The van der Waals surface area contributed by atoms with Gasteiger partial charge in [0, 0.05) is 6.42 Å². The van der Waals surface area contributed by atoms with E-state index < -0.39 is 59.9 Å². The van der Waals surface area contributed by atoms with Crippen LogP contribution < -0.4 is 5.32 Å². The number of aliphatic hydroxyl groups excluding tert-OH is 4. The predicted octanol–water partition coefficient (Wildman–Crippen LogP) is 9.89. The highest BCUT2D eigenvalue weighted by molar-refractivity contribution is 7.80. The molecule has 1 aliphatic rings. The Labute approximate surface area is 371 Å². The molecule has 1 aliphatic heterocycles. The first-order valence-corrected chi connectivity index (χ1v) is 25.7. The van der Waals surface area contributed by atoms with Crippen molar-refractivity contribution in [2.75, 3.05) is 13.2 Å². The Bertz CT molecular complexity index is 1230. The lowest BCUT2D eigenvalue weighted by Gasteiger charge is -2.41. The largest absolute Gasteiger partial charge is 0.397 e. The topological polar surface area (TPSA) is 192 Å². The van der Waals surface area contributed by atoms with Crippen LogP contribution in [-0.4, -0.2) is 95.4 Å². The molecule has 1 heterocycles. The molecule has 6 N–H and O–H groups in total. The van der Waals surface area contributed by atoms with Crippen molar-refractivity contribution >= 4 is 16.3 Å². The molecule has 0 bridgehead atoms. The zero-order valence-corrected chi connectivity index (χ0v) is 39.0. The predicted molar refractivity (Wildman–Crippen MR) is 245 cm³/mol. The van der Waals surface area contributed by atoms with E-state index in [-0.39, 0.29) is 18.9 Å². The lowest BCUT2D eigenvalue weighted by Crippen LogP contribution is -2.61. The Balaban J connectivity index is 2.51. The number of aliphatic hydroxyl groups is 4. The normalized spacial score (nSPS) is 20.9. The second-order valence-corrected chi connectivity index (χ2v) is 18.1. The Hall–Kier alpha value is -1.68. The molecule has 1 amide bonds. The van der Waals surface area contributed by atoms with Crippen LogP contribution in [0, 0.1) is 0 Å². The number of amides is 1. The summed E-state index contributed by atoms with van der Waals surface area (Å²) < 4.78 is 47.6. The molecule has 1 rings (SSSR count). The first-order valence-electron chi connectivity index (χ1n) is 24.4. The van der Waals surface area contributed by atoms with Crippen molar-refractivity contribution in [2.24, 2.45) is 0 Å². The van der Waals surface area contributed by atoms with Crippen molar-refractivity contribution in [1.82, 2.24) is 5.32 Å². The molecular formula is C48H89NO11S. The van der Waals surface area contributed by atoms with Gasteiger partial charge in [0.1, 0.15) is 24.4 Å². The van der Waals surface area contributed by atoms with Crippen LogP contribution in [0.5, 0.6) is 0 Å². The highest BCUT2D eigenvalue weighted by atomic mass is 32.3. The molecule has 0 aromatic heterocycles. The van der Waals surface area contributed by atoms with E-state index in [1.165, 1.54) is 122 Å². The van der Waals surface area contributed by atoms with E-state index in [1.807, 2.05) is 6.08 Å². The van der Waals surface area contributed by atoms with Gasteiger partial charge < -0.3 is 35.2 Å². The molecule has 0 radical (unpaired) electrons. The maximum Gasteiger partial charge on any atom is 0.397 e. The summed E-state index contributed by atoms with van der Waals surface area (Å²) in [7, 11) is -5.09. The van der Waals surface area contributed by atoms with E-state index in [4.69, 9.17) is 9.47 Å². The third-order valence-electron chi connectivity index (χ3n) is 11.4. The fraction of sp³-hybridized carbons (Fsp3) is 0.854. The quantitative estimate of drug-likeness (QED) is 0.0195. The molecule has 7 atom stereocenters. The summed E-state index contributed by atoms with van der Waals surface area (Å²) in [5.74, 6) is -0.271. The van der Waals surface area contributed by atoms with Crippen molar-refractivity contribution in [3.8, 4) is 0 Å². The van der Waals surface area contributed by atoms with Gasteiger partial charge in [0.05, 0.1) is 25.4 Å². The van der Waals surface area contributed by atoms with Crippen LogP contribution in [0.4, 0.5) is 0 Å². The van der Waals surface area contributed by atoms with E-state index in [2.05, 4.69) is 47.7 Å². The molecule has 0 saturated carbocycles. The summed E-state index contributed by atoms with van der Waals surface area (Å²) in [6, 6.07) is -0.947. The van der Waals surface area contributed by atoms with Crippen molar-refractivity contribution in [2.45, 2.75) is 249 Å². The number of carbonyl (C=O) groups is 1. The average molecular weight is 888 g/mol. The smallest absolute Gasteiger partial charge is 0.394 e. The van der Waals surface area contributed by atoms with E-state index in [1.54, 1.807) is 6.08 Å². The van der Waals surface area contributed by atoms with E-state index >= 15 is 0 Å². The summed E-state index contributed by atoms with van der Waals surface area (Å²) in [6.07, 6.45) is 37.4. The SMILES string of the molecule is CCCCC/C=C\C/C=C\CCCCCCCCCC(=O)NC(COC1OC(CO)C(O)C(OS(=O)(=O)O)C1O)C(O)/C=C/CCCCCCCCCCCCCCCCC. The van der Waals surface area contributed by atoms with Gasteiger partial charge >= 0.3 is 10.4 Å². The minimum Gasteiger partial charge on any atom is -0.394 e. The molecule has 12 nitrogen and oxygen atoms in total. The van der Waals surface area contributed by atoms with Crippen molar-refractivity contribution < 1.29 is 51.8 Å². The lowest BCUT2D eigenvalue weighted by molar-refractivity contribution is -0.298. The maximum atomic E-state index is 13.0. The van der Waals surface area contributed by atoms with Crippen LogP contribution in [0.3, 0.4) is 0 Å². The summed E-state index contributed by atoms with van der Waals surface area (Å²) >= 11 is 0. The number of hydrogen-bond donors (Lipinski definition) is 6. The standard InChI is InChI=1S/C48H89NO11S/c1-3-5-7-9-11-13-15-17-19-21-23-25-27-29-31-33-35-37-42(51)41(40-58-48-46(54)47(60-61(55,56)57)45(53)43(39-50)59-48)49-44(52)38-36-34-32-30-28-26-24-22-20-18-16-14-12-10-8-6-4-2/h12,14,18,20,35,37,41-43,45-48,50-51,53-54H,3-11,13,15-17,19,21-34,36,38-40H2,1-2H3,(H,49,52)(H,55,56,57)/b14-12-,20-18-,37-35+. The molecule has 358 valence electrons. The zero-order chi connectivity index (χ0) is 44.8. The van der Waals surface area contributed by atoms with Crippen LogP contribution in [0.2, 0.25) is 0 Å². The van der Waals surface area contributed by atoms with E-state index in [0.717, 1.165) is 57.8 Å². The summed E-state index contributed by atoms with van der Waals surface area (Å²) in [5, 5.41) is 44.8. The van der Waals surface area contributed by atoms with Crippen LogP contribution in [0.25, 0.3) is 0 Å². The molecule has 1 fully saturated rings. The van der Waals surface area contributed by atoms with Crippen molar-refractivity contribution in [1.29, 1.82) is 0 Å². The fourth-order valence-electron chi connectivity index (χ4n) is 7.60. The number of allylic oxidation sites excluding steroid dienone is 5.